The van der Waals surface area contributed by atoms with Gasteiger partial charge in [-0.3, -0.25) is 10.1 Å². The van der Waals surface area contributed by atoms with Crippen molar-refractivity contribution >= 4 is 21.6 Å². The predicted octanol–water partition coefficient (Wildman–Crippen LogP) is 4.50. The summed E-state index contributed by atoms with van der Waals surface area (Å²) in [6.45, 7) is 0.462. The Kier molecular flexibility index (Phi) is 5.75. The summed E-state index contributed by atoms with van der Waals surface area (Å²) >= 11 is 3.29. The van der Waals surface area contributed by atoms with Crippen LogP contribution >= 0.6 is 15.9 Å². The number of ether oxygens (including phenoxy) is 1. The molecule has 0 heterocycles. The van der Waals surface area contributed by atoms with Crippen LogP contribution < -0.4 is 4.74 Å². The molecule has 0 spiro atoms. The van der Waals surface area contributed by atoms with Crippen molar-refractivity contribution in [3.8, 4) is 5.75 Å². The van der Waals surface area contributed by atoms with E-state index in [1.54, 1.807) is 12.1 Å². The van der Waals surface area contributed by atoms with Gasteiger partial charge in [0.25, 0.3) is 0 Å². The zero-order valence-electron chi connectivity index (χ0n) is 11.5. The van der Waals surface area contributed by atoms with Crippen molar-refractivity contribution in [2.75, 3.05) is 6.61 Å². The lowest BCUT2D eigenvalue weighted by Gasteiger charge is -2.07. The molecular weight excluding hydrogens is 334 g/mol. The van der Waals surface area contributed by atoms with Gasteiger partial charge in [0.2, 0.25) is 0 Å². The Labute approximate surface area is 132 Å². The second kappa shape index (κ2) is 7.78. The minimum absolute atomic E-state index is 0.0201. The molecule has 0 bridgehead atoms. The summed E-state index contributed by atoms with van der Waals surface area (Å²) in [5, 5.41) is 11.6. The molecule has 0 aliphatic carbocycles. The fourth-order valence-electron chi connectivity index (χ4n) is 2.01. The van der Waals surface area contributed by atoms with E-state index < -0.39 is 4.92 Å². The Hall–Kier alpha value is -1.88. The van der Waals surface area contributed by atoms with Crippen LogP contribution in [0, 0.1) is 10.1 Å². The van der Waals surface area contributed by atoms with Crippen molar-refractivity contribution in [3.63, 3.8) is 0 Å². The first-order valence-corrected chi connectivity index (χ1v) is 7.83. The van der Waals surface area contributed by atoms with Gasteiger partial charge in [-0.05, 0) is 30.0 Å². The third-order valence-electron chi connectivity index (χ3n) is 3.08. The molecule has 2 aromatic rings. The van der Waals surface area contributed by atoms with E-state index in [2.05, 4.69) is 28.1 Å². The lowest BCUT2D eigenvalue weighted by Crippen LogP contribution is -2.02. The van der Waals surface area contributed by atoms with E-state index in [0.717, 1.165) is 18.4 Å². The molecule has 5 heteroatoms. The predicted molar refractivity (Wildman–Crippen MR) is 86.0 cm³/mol. The molecule has 0 fully saturated rings. The third kappa shape index (κ3) is 4.56. The van der Waals surface area contributed by atoms with Gasteiger partial charge in [0.15, 0.2) is 5.75 Å². The summed E-state index contributed by atoms with van der Waals surface area (Å²) in [5.74, 6) is 0.331. The number of nitro groups is 1. The summed E-state index contributed by atoms with van der Waals surface area (Å²) in [6, 6.07) is 15.1. The number of hydrogen-bond donors (Lipinski definition) is 0. The molecule has 0 aliphatic heterocycles. The van der Waals surface area contributed by atoms with Crippen LogP contribution in [0.3, 0.4) is 0 Å². The van der Waals surface area contributed by atoms with E-state index in [9.17, 15) is 10.1 Å². The van der Waals surface area contributed by atoms with Crippen LogP contribution in [-0.4, -0.2) is 11.5 Å². The van der Waals surface area contributed by atoms with Crippen LogP contribution in [0.4, 0.5) is 5.69 Å². The fourth-order valence-corrected chi connectivity index (χ4v) is 2.36. The monoisotopic (exact) mass is 349 g/mol. The van der Waals surface area contributed by atoms with Gasteiger partial charge in [0.1, 0.15) is 0 Å². The highest BCUT2D eigenvalue weighted by Crippen LogP contribution is 2.28. The average Bonchev–Trinajstić information content (AvgIpc) is 2.52. The Morgan fingerprint density at radius 2 is 1.86 bits per heavy atom. The number of aryl methyl sites for hydroxylation is 1. The Morgan fingerprint density at radius 1 is 1.10 bits per heavy atom. The number of alkyl halides is 1. The summed E-state index contributed by atoms with van der Waals surface area (Å²) < 4.78 is 5.56. The van der Waals surface area contributed by atoms with Crippen molar-refractivity contribution in [2.45, 2.75) is 18.2 Å². The third-order valence-corrected chi connectivity index (χ3v) is 3.73. The highest BCUT2D eigenvalue weighted by atomic mass is 79.9. The van der Waals surface area contributed by atoms with Gasteiger partial charge in [0, 0.05) is 11.4 Å². The average molecular weight is 350 g/mol. The van der Waals surface area contributed by atoms with Crippen LogP contribution in [0.5, 0.6) is 5.75 Å². The first-order valence-electron chi connectivity index (χ1n) is 6.70. The molecular formula is C16H16BrNO3. The number of nitrogens with zero attached hydrogens (tertiary/aromatic N) is 1. The van der Waals surface area contributed by atoms with Crippen LogP contribution in [0.2, 0.25) is 0 Å². The zero-order valence-corrected chi connectivity index (χ0v) is 13.1. The van der Waals surface area contributed by atoms with Crippen molar-refractivity contribution in [1.29, 1.82) is 0 Å². The summed E-state index contributed by atoms with van der Waals surface area (Å²) in [4.78, 5) is 10.7. The topological polar surface area (TPSA) is 52.4 Å². The van der Waals surface area contributed by atoms with Crippen molar-refractivity contribution in [1.82, 2.24) is 0 Å². The Balaban J connectivity index is 1.92. The van der Waals surface area contributed by atoms with E-state index in [-0.39, 0.29) is 5.69 Å². The molecule has 21 heavy (non-hydrogen) atoms. The summed E-state index contributed by atoms with van der Waals surface area (Å²) in [5.41, 5.74) is 2.12. The van der Waals surface area contributed by atoms with Crippen molar-refractivity contribution in [3.05, 3.63) is 69.8 Å². The second-order valence-corrected chi connectivity index (χ2v) is 5.19. The molecule has 0 aliphatic rings. The zero-order chi connectivity index (χ0) is 15.1. The lowest BCUT2D eigenvalue weighted by atomic mass is 10.1. The van der Waals surface area contributed by atoms with Crippen molar-refractivity contribution < 1.29 is 9.66 Å². The van der Waals surface area contributed by atoms with Crippen LogP contribution in [-0.2, 0) is 11.8 Å². The molecule has 0 radical (unpaired) electrons. The molecule has 2 aromatic carbocycles. The van der Waals surface area contributed by atoms with Crippen molar-refractivity contribution in [2.24, 2.45) is 0 Å². The number of nitro benzene ring substituents is 1. The highest BCUT2D eigenvalue weighted by Gasteiger charge is 2.15. The SMILES string of the molecule is O=[N+]([O-])c1cc(CBr)ccc1OCCCc1ccccc1. The second-order valence-electron chi connectivity index (χ2n) is 4.63. The quantitative estimate of drug-likeness (QED) is 0.320. The molecule has 2 rings (SSSR count). The first-order chi connectivity index (χ1) is 10.2. The van der Waals surface area contributed by atoms with E-state index in [4.69, 9.17) is 4.74 Å². The highest BCUT2D eigenvalue weighted by molar-refractivity contribution is 9.08. The number of hydrogen-bond acceptors (Lipinski definition) is 3. The lowest BCUT2D eigenvalue weighted by molar-refractivity contribution is -0.385. The van der Waals surface area contributed by atoms with Gasteiger partial charge in [-0.15, -0.1) is 0 Å². The normalized spacial score (nSPS) is 10.3. The molecule has 0 atom stereocenters. The van der Waals surface area contributed by atoms with E-state index in [1.165, 1.54) is 5.56 Å². The molecule has 110 valence electrons. The smallest absolute Gasteiger partial charge is 0.311 e. The van der Waals surface area contributed by atoms with Crippen LogP contribution in [0.25, 0.3) is 0 Å². The molecule has 4 nitrogen and oxygen atoms in total. The molecule has 0 saturated carbocycles. The minimum atomic E-state index is -0.404. The summed E-state index contributed by atoms with van der Waals surface area (Å²) in [6.07, 6.45) is 1.72. The molecule has 0 aromatic heterocycles. The molecule has 0 saturated heterocycles. The van der Waals surface area contributed by atoms with Gasteiger partial charge in [-0.1, -0.05) is 52.3 Å². The van der Waals surface area contributed by atoms with E-state index in [0.29, 0.717) is 17.7 Å². The maximum absolute atomic E-state index is 11.1. The maximum Gasteiger partial charge on any atom is 0.311 e. The van der Waals surface area contributed by atoms with Crippen LogP contribution in [0.15, 0.2) is 48.5 Å². The summed E-state index contributed by atoms with van der Waals surface area (Å²) in [7, 11) is 0. The van der Waals surface area contributed by atoms with Gasteiger partial charge < -0.3 is 4.74 Å². The fraction of sp³-hybridized carbons (Fsp3) is 0.250. The first kappa shape index (κ1) is 15.5. The maximum atomic E-state index is 11.1. The molecule has 0 amide bonds. The van der Waals surface area contributed by atoms with E-state index in [1.807, 2.05) is 24.3 Å². The minimum Gasteiger partial charge on any atom is -0.487 e. The van der Waals surface area contributed by atoms with Crippen LogP contribution in [0.1, 0.15) is 17.5 Å². The van der Waals surface area contributed by atoms with Gasteiger partial charge in [-0.25, -0.2) is 0 Å². The number of halogens is 1. The van der Waals surface area contributed by atoms with Gasteiger partial charge >= 0.3 is 5.69 Å². The Morgan fingerprint density at radius 3 is 2.52 bits per heavy atom. The number of rotatable bonds is 7. The molecule has 0 N–H and O–H groups in total. The Bertz CT molecular complexity index is 602. The standard InChI is InChI=1S/C16H16BrNO3/c17-12-14-8-9-16(15(11-14)18(19)20)21-10-4-7-13-5-2-1-3-6-13/h1-3,5-6,8-9,11H,4,7,10,12H2. The molecule has 0 unspecified atom stereocenters. The number of benzene rings is 2. The van der Waals surface area contributed by atoms with Gasteiger partial charge in [-0.2, -0.15) is 0 Å². The van der Waals surface area contributed by atoms with E-state index >= 15 is 0 Å². The van der Waals surface area contributed by atoms with Gasteiger partial charge in [0.05, 0.1) is 11.5 Å². The largest absolute Gasteiger partial charge is 0.487 e.